The fraction of sp³-hybridized carbons (Fsp3) is 0.583. The zero-order valence-corrected chi connectivity index (χ0v) is 15.2. The molecule has 1 aromatic heterocycles. The SMILES string of the molecule is CCN=C(N)NC(C)c1nc(C)c(C(=O)OCC)s1.I. The van der Waals surface area contributed by atoms with Gasteiger partial charge in [0.15, 0.2) is 5.96 Å². The first-order chi connectivity index (χ1) is 8.99. The fourth-order valence-corrected chi connectivity index (χ4v) is 2.45. The van der Waals surface area contributed by atoms with E-state index in [0.29, 0.717) is 29.7 Å². The summed E-state index contributed by atoms with van der Waals surface area (Å²) in [7, 11) is 0. The Morgan fingerprint density at radius 1 is 1.55 bits per heavy atom. The van der Waals surface area contributed by atoms with Crippen molar-refractivity contribution in [1.82, 2.24) is 10.3 Å². The number of hydrogen-bond donors (Lipinski definition) is 2. The van der Waals surface area contributed by atoms with Gasteiger partial charge in [0.05, 0.1) is 18.3 Å². The summed E-state index contributed by atoms with van der Waals surface area (Å²) in [6.45, 7) is 8.38. The molecule has 20 heavy (non-hydrogen) atoms. The quantitative estimate of drug-likeness (QED) is 0.335. The number of carbonyl (C=O) groups excluding carboxylic acids is 1. The number of carbonyl (C=O) groups is 1. The predicted octanol–water partition coefficient (Wildman–Crippen LogP) is 2.23. The number of hydrogen-bond acceptors (Lipinski definition) is 5. The molecule has 1 atom stereocenters. The van der Waals surface area contributed by atoms with Crippen molar-refractivity contribution in [3.05, 3.63) is 15.6 Å². The molecule has 0 spiro atoms. The van der Waals surface area contributed by atoms with Crippen LogP contribution in [0.5, 0.6) is 0 Å². The van der Waals surface area contributed by atoms with Gasteiger partial charge in [0.25, 0.3) is 0 Å². The third kappa shape index (κ3) is 5.23. The molecule has 0 aliphatic rings. The first-order valence-electron chi connectivity index (χ1n) is 6.20. The van der Waals surface area contributed by atoms with Gasteiger partial charge in [0.2, 0.25) is 0 Å². The third-order valence-electron chi connectivity index (χ3n) is 2.34. The zero-order valence-electron chi connectivity index (χ0n) is 12.1. The van der Waals surface area contributed by atoms with Gasteiger partial charge in [0.1, 0.15) is 9.88 Å². The van der Waals surface area contributed by atoms with E-state index in [0.717, 1.165) is 5.01 Å². The molecule has 3 N–H and O–H groups in total. The molecule has 1 unspecified atom stereocenters. The molecule has 1 heterocycles. The molecule has 6 nitrogen and oxygen atoms in total. The standard InChI is InChI=1S/C12H20N4O2S.HI/c1-5-14-12(13)16-8(4)10-15-7(3)9(19-10)11(17)18-6-2;/h8H,5-6H2,1-4H3,(H3,13,14,16);1H. The number of rotatable bonds is 5. The second kappa shape index (κ2) is 9.11. The Kier molecular flexibility index (Phi) is 8.70. The van der Waals surface area contributed by atoms with Crippen molar-refractivity contribution in [2.45, 2.75) is 33.7 Å². The van der Waals surface area contributed by atoms with Crippen LogP contribution in [-0.2, 0) is 4.74 Å². The summed E-state index contributed by atoms with van der Waals surface area (Å²) in [5.41, 5.74) is 6.38. The number of guanidine groups is 1. The van der Waals surface area contributed by atoms with Gasteiger partial charge >= 0.3 is 5.97 Å². The summed E-state index contributed by atoms with van der Waals surface area (Å²) in [5, 5.41) is 3.82. The van der Waals surface area contributed by atoms with Crippen LogP contribution < -0.4 is 11.1 Å². The van der Waals surface area contributed by atoms with Crippen LogP contribution >= 0.6 is 35.3 Å². The number of thiazole rings is 1. The molecule has 1 aromatic rings. The minimum absolute atomic E-state index is 0. The summed E-state index contributed by atoms with van der Waals surface area (Å²) in [4.78, 5) is 20.7. The van der Waals surface area contributed by atoms with Crippen LogP contribution in [0.3, 0.4) is 0 Å². The molecule has 0 amide bonds. The Balaban J connectivity index is 0.00000361. The fourth-order valence-electron chi connectivity index (χ4n) is 1.49. The largest absolute Gasteiger partial charge is 0.462 e. The topological polar surface area (TPSA) is 89.6 Å². The summed E-state index contributed by atoms with van der Waals surface area (Å²) in [6, 6.07) is -0.0952. The normalized spacial score (nSPS) is 12.5. The second-order valence-electron chi connectivity index (χ2n) is 3.91. The van der Waals surface area contributed by atoms with E-state index in [2.05, 4.69) is 15.3 Å². The highest BCUT2D eigenvalue weighted by Gasteiger charge is 2.19. The Labute approximate surface area is 140 Å². The maximum absolute atomic E-state index is 11.7. The number of nitrogens with one attached hydrogen (secondary N) is 1. The van der Waals surface area contributed by atoms with Gasteiger partial charge in [0, 0.05) is 6.54 Å². The van der Waals surface area contributed by atoms with E-state index in [1.165, 1.54) is 11.3 Å². The molecule has 1 rings (SSSR count). The van der Waals surface area contributed by atoms with E-state index in [4.69, 9.17) is 10.5 Å². The molecular weight excluding hydrogens is 391 g/mol. The Morgan fingerprint density at radius 2 is 2.20 bits per heavy atom. The molecule has 0 bridgehead atoms. The average molecular weight is 412 g/mol. The summed E-state index contributed by atoms with van der Waals surface area (Å²) in [5.74, 6) is 0.0479. The van der Waals surface area contributed by atoms with Gasteiger partial charge in [-0.3, -0.25) is 4.99 Å². The van der Waals surface area contributed by atoms with Crippen molar-refractivity contribution in [2.75, 3.05) is 13.2 Å². The third-order valence-corrected chi connectivity index (χ3v) is 3.66. The van der Waals surface area contributed by atoms with Crippen LogP contribution in [0.4, 0.5) is 0 Å². The first-order valence-corrected chi connectivity index (χ1v) is 7.02. The van der Waals surface area contributed by atoms with Gasteiger partial charge in [-0.2, -0.15) is 0 Å². The Morgan fingerprint density at radius 3 is 2.75 bits per heavy atom. The average Bonchev–Trinajstić information content (AvgIpc) is 2.72. The van der Waals surface area contributed by atoms with Crippen LogP contribution in [0.15, 0.2) is 4.99 Å². The van der Waals surface area contributed by atoms with Crippen LogP contribution in [0, 0.1) is 6.92 Å². The van der Waals surface area contributed by atoms with Gasteiger partial charge in [-0.1, -0.05) is 0 Å². The summed E-state index contributed by atoms with van der Waals surface area (Å²) < 4.78 is 4.98. The molecule has 0 fully saturated rings. The highest BCUT2D eigenvalue weighted by Crippen LogP contribution is 2.24. The molecule has 0 aliphatic heterocycles. The number of aliphatic imine (C=N–C) groups is 1. The molecule has 0 radical (unpaired) electrons. The van der Waals surface area contributed by atoms with Crippen molar-refractivity contribution in [3.8, 4) is 0 Å². The molecule has 8 heteroatoms. The number of ether oxygens (including phenoxy) is 1. The number of aryl methyl sites for hydroxylation is 1. The van der Waals surface area contributed by atoms with E-state index in [1.807, 2.05) is 13.8 Å². The van der Waals surface area contributed by atoms with Gasteiger partial charge < -0.3 is 15.8 Å². The molecule has 0 aromatic carbocycles. The lowest BCUT2D eigenvalue weighted by atomic mass is 10.3. The second-order valence-corrected chi connectivity index (χ2v) is 4.94. The molecule has 0 saturated heterocycles. The lowest BCUT2D eigenvalue weighted by Gasteiger charge is -2.11. The van der Waals surface area contributed by atoms with E-state index < -0.39 is 0 Å². The van der Waals surface area contributed by atoms with Gasteiger partial charge in [-0.05, 0) is 27.7 Å². The molecule has 0 aliphatic carbocycles. The van der Waals surface area contributed by atoms with E-state index in [1.54, 1.807) is 13.8 Å². The van der Waals surface area contributed by atoms with E-state index >= 15 is 0 Å². The summed E-state index contributed by atoms with van der Waals surface area (Å²) in [6.07, 6.45) is 0. The predicted molar refractivity (Wildman–Crippen MR) is 91.9 cm³/mol. The lowest BCUT2D eigenvalue weighted by Crippen LogP contribution is -2.33. The van der Waals surface area contributed by atoms with Crippen molar-refractivity contribution in [2.24, 2.45) is 10.7 Å². The van der Waals surface area contributed by atoms with Crippen molar-refractivity contribution < 1.29 is 9.53 Å². The highest BCUT2D eigenvalue weighted by molar-refractivity contribution is 14.0. The van der Waals surface area contributed by atoms with Gasteiger partial charge in [-0.15, -0.1) is 35.3 Å². The summed E-state index contributed by atoms with van der Waals surface area (Å²) >= 11 is 1.32. The first kappa shape index (κ1) is 19.1. The molecule has 0 saturated carbocycles. The Hall–Kier alpha value is -0.900. The molecular formula is C12H21IN4O2S. The number of halogens is 1. The number of nitrogens with two attached hydrogens (primary N) is 1. The molecule has 114 valence electrons. The maximum Gasteiger partial charge on any atom is 0.350 e. The van der Waals surface area contributed by atoms with Crippen molar-refractivity contribution in [1.29, 1.82) is 0 Å². The van der Waals surface area contributed by atoms with E-state index in [9.17, 15) is 4.79 Å². The maximum atomic E-state index is 11.7. The smallest absolute Gasteiger partial charge is 0.350 e. The van der Waals surface area contributed by atoms with Gasteiger partial charge in [-0.25, -0.2) is 9.78 Å². The van der Waals surface area contributed by atoms with Crippen molar-refractivity contribution >= 4 is 47.2 Å². The highest BCUT2D eigenvalue weighted by atomic mass is 127. The minimum Gasteiger partial charge on any atom is -0.462 e. The monoisotopic (exact) mass is 412 g/mol. The Bertz CT molecular complexity index is 476. The number of esters is 1. The van der Waals surface area contributed by atoms with Crippen LogP contribution in [0.2, 0.25) is 0 Å². The number of aromatic nitrogens is 1. The van der Waals surface area contributed by atoms with E-state index in [-0.39, 0.29) is 36.0 Å². The van der Waals surface area contributed by atoms with Crippen LogP contribution in [0.25, 0.3) is 0 Å². The van der Waals surface area contributed by atoms with Crippen LogP contribution in [0.1, 0.15) is 47.2 Å². The minimum atomic E-state index is -0.328. The number of nitrogens with zero attached hydrogens (tertiary/aromatic N) is 2. The van der Waals surface area contributed by atoms with Crippen molar-refractivity contribution in [3.63, 3.8) is 0 Å². The lowest BCUT2D eigenvalue weighted by molar-refractivity contribution is 0.0531. The van der Waals surface area contributed by atoms with Crippen LogP contribution in [-0.4, -0.2) is 30.1 Å². The zero-order chi connectivity index (χ0) is 14.4.